The standard InChI is InChI=1S/C31H34FN3O4SeSi/c1-31(2,3)41(24-15-9-5-10-16-24,25-17-11-6-12-18-25)38-21-22-19-27(40(37)23-13-7-4-8-14-23)29(39-22)35-20-26(32)28(33)34-30(35)36/h4-18,20,22,27,29H,19,21H2,1-3H3,(H2,33,34,36)/t22-,27+,29+,40?/m1/s1. The number of hydrogen-bond acceptors (Lipinski definition) is 6. The van der Waals surface area contributed by atoms with Gasteiger partial charge in [0.15, 0.2) is 0 Å². The van der Waals surface area contributed by atoms with Gasteiger partial charge in [0.2, 0.25) is 0 Å². The minimum atomic E-state index is -2.86. The summed E-state index contributed by atoms with van der Waals surface area (Å²) in [6.07, 6.45) is -0.0780. The van der Waals surface area contributed by atoms with Gasteiger partial charge in [-0.25, -0.2) is 0 Å². The van der Waals surface area contributed by atoms with Crippen LogP contribution in [0.15, 0.2) is 102 Å². The van der Waals surface area contributed by atoms with Crippen LogP contribution in [0.5, 0.6) is 0 Å². The zero-order chi connectivity index (χ0) is 29.2. The van der Waals surface area contributed by atoms with Gasteiger partial charge in [-0.05, 0) is 0 Å². The van der Waals surface area contributed by atoms with Crippen LogP contribution >= 0.6 is 0 Å². The third-order valence-corrected chi connectivity index (χ3v) is 16.1. The van der Waals surface area contributed by atoms with Crippen LogP contribution in [0.25, 0.3) is 0 Å². The molecule has 4 aromatic rings. The Balaban J connectivity index is 1.52. The molecule has 2 N–H and O–H groups in total. The van der Waals surface area contributed by atoms with E-state index < -0.39 is 56.6 Å². The number of nitrogen functional groups attached to an aromatic ring is 1. The van der Waals surface area contributed by atoms with Crippen molar-refractivity contribution in [2.24, 2.45) is 0 Å². The van der Waals surface area contributed by atoms with Gasteiger partial charge in [-0.2, -0.15) is 0 Å². The summed E-state index contributed by atoms with van der Waals surface area (Å²) in [5, 5.41) is 2.02. The molecule has 2 heterocycles. The maximum atomic E-state index is 14.5. The quantitative estimate of drug-likeness (QED) is 0.297. The zero-order valence-corrected chi connectivity index (χ0v) is 26.0. The minimum absolute atomic E-state index is 0.216. The molecule has 0 saturated carbocycles. The fourth-order valence-electron chi connectivity index (χ4n) is 5.61. The van der Waals surface area contributed by atoms with Gasteiger partial charge >= 0.3 is 245 Å². The molecule has 0 bridgehead atoms. The topological polar surface area (TPSA) is 96.4 Å². The van der Waals surface area contributed by atoms with E-state index in [1.807, 2.05) is 66.7 Å². The zero-order valence-electron chi connectivity index (χ0n) is 23.3. The Morgan fingerprint density at radius 1 is 1.00 bits per heavy atom. The molecule has 0 radical (unpaired) electrons. The second kappa shape index (κ2) is 11.9. The molecule has 1 saturated heterocycles. The van der Waals surface area contributed by atoms with Crippen molar-refractivity contribution in [3.63, 3.8) is 0 Å². The molecule has 1 aliphatic heterocycles. The Bertz CT molecular complexity index is 1530. The molecular formula is C31H34FN3O4SeSi. The Kier molecular flexibility index (Phi) is 8.49. The third kappa shape index (κ3) is 5.75. The number of nitrogens with two attached hydrogens (primary N) is 1. The number of aromatic nitrogens is 2. The third-order valence-electron chi connectivity index (χ3n) is 7.51. The Morgan fingerprint density at radius 2 is 1.54 bits per heavy atom. The first-order chi connectivity index (χ1) is 19.6. The number of rotatable bonds is 8. The SMILES string of the molecule is CC(C)(C)[Si](OC[C@H]1C[C@H]([Se](=O)c2ccccc2)[C@@H](n2cc(F)c(N)nc2=O)O1)(c1ccccc1)c1ccccc1. The number of ether oxygens (including phenoxy) is 1. The van der Waals surface area contributed by atoms with Crippen LogP contribution in [0.2, 0.25) is 9.85 Å². The van der Waals surface area contributed by atoms with E-state index in [0.29, 0.717) is 10.9 Å². The van der Waals surface area contributed by atoms with E-state index in [-0.39, 0.29) is 11.6 Å². The van der Waals surface area contributed by atoms with Gasteiger partial charge in [0.05, 0.1) is 0 Å². The number of anilines is 1. The second-order valence-corrected chi connectivity index (χ2v) is 19.0. The molecule has 1 aliphatic rings. The van der Waals surface area contributed by atoms with Crippen molar-refractivity contribution >= 4 is 42.8 Å². The maximum absolute atomic E-state index is 14.5. The van der Waals surface area contributed by atoms with Crippen LogP contribution in [0.4, 0.5) is 10.2 Å². The molecule has 0 aliphatic carbocycles. The summed E-state index contributed by atoms with van der Waals surface area (Å²) in [5.74, 6) is -1.31. The molecule has 4 atom stereocenters. The average Bonchev–Trinajstić information content (AvgIpc) is 3.40. The predicted molar refractivity (Wildman–Crippen MR) is 161 cm³/mol. The molecule has 41 heavy (non-hydrogen) atoms. The molecule has 1 unspecified atom stereocenters. The van der Waals surface area contributed by atoms with E-state index >= 15 is 0 Å². The fraction of sp³-hybridized carbons (Fsp3) is 0.290. The number of nitrogens with zero attached hydrogens (tertiary/aromatic N) is 2. The summed E-state index contributed by atoms with van der Waals surface area (Å²) in [6, 6.07) is 29.7. The first kappa shape index (κ1) is 29.2. The molecule has 3 aromatic carbocycles. The molecule has 0 spiro atoms. The predicted octanol–water partition coefficient (Wildman–Crippen LogP) is 3.53. The van der Waals surface area contributed by atoms with Crippen LogP contribution in [0, 0.1) is 5.82 Å². The number of benzene rings is 3. The summed E-state index contributed by atoms with van der Waals surface area (Å²) in [5.41, 5.74) is 4.79. The summed E-state index contributed by atoms with van der Waals surface area (Å²) in [7, 11) is -2.86. The van der Waals surface area contributed by atoms with Crippen molar-refractivity contribution in [3.8, 4) is 0 Å². The summed E-state index contributed by atoms with van der Waals surface area (Å²) < 4.78 is 43.6. The van der Waals surface area contributed by atoms with Crippen molar-refractivity contribution in [1.29, 1.82) is 0 Å². The first-order valence-electron chi connectivity index (χ1n) is 13.5. The van der Waals surface area contributed by atoms with Gasteiger partial charge in [-0.1, -0.05) is 0 Å². The Morgan fingerprint density at radius 3 is 2.07 bits per heavy atom. The van der Waals surface area contributed by atoms with E-state index in [0.717, 1.165) is 21.1 Å². The van der Waals surface area contributed by atoms with Crippen molar-refractivity contribution in [3.05, 3.63) is 113 Å². The Labute approximate surface area is 244 Å². The molecule has 7 nitrogen and oxygen atoms in total. The van der Waals surface area contributed by atoms with E-state index in [1.54, 1.807) is 0 Å². The fourth-order valence-corrected chi connectivity index (χ4v) is 13.5. The van der Waals surface area contributed by atoms with E-state index in [2.05, 4.69) is 50.0 Å². The van der Waals surface area contributed by atoms with Gasteiger partial charge < -0.3 is 0 Å². The molecule has 10 heteroatoms. The van der Waals surface area contributed by atoms with Crippen LogP contribution in [0.3, 0.4) is 0 Å². The summed E-state index contributed by atoms with van der Waals surface area (Å²) >= 11 is -2.74. The van der Waals surface area contributed by atoms with Gasteiger partial charge in [-0.15, -0.1) is 0 Å². The second-order valence-electron chi connectivity index (χ2n) is 11.2. The Hall–Kier alpha value is -3.27. The van der Waals surface area contributed by atoms with E-state index in [9.17, 15) is 13.0 Å². The molecule has 1 aromatic heterocycles. The number of halogens is 1. The van der Waals surface area contributed by atoms with Crippen molar-refractivity contribution < 1.29 is 17.4 Å². The van der Waals surface area contributed by atoms with Gasteiger partial charge in [-0.3, -0.25) is 0 Å². The van der Waals surface area contributed by atoms with Crippen molar-refractivity contribution in [2.45, 2.75) is 49.4 Å². The molecular weight excluding hydrogens is 604 g/mol. The van der Waals surface area contributed by atoms with Crippen LogP contribution in [0.1, 0.15) is 33.4 Å². The normalized spacial score (nSPS) is 20.1. The monoisotopic (exact) mass is 639 g/mol. The number of hydrogen-bond donors (Lipinski definition) is 1. The van der Waals surface area contributed by atoms with Gasteiger partial charge in [0.25, 0.3) is 0 Å². The van der Waals surface area contributed by atoms with E-state index in [1.165, 1.54) is 0 Å². The molecule has 0 amide bonds. The van der Waals surface area contributed by atoms with E-state index in [4.69, 9.17) is 14.9 Å². The molecule has 1 fully saturated rings. The van der Waals surface area contributed by atoms with Crippen molar-refractivity contribution in [2.75, 3.05) is 12.3 Å². The van der Waals surface area contributed by atoms with Crippen LogP contribution < -0.4 is 26.3 Å². The van der Waals surface area contributed by atoms with Crippen LogP contribution in [-0.4, -0.2) is 44.4 Å². The summed E-state index contributed by atoms with van der Waals surface area (Å²) in [4.78, 5) is 15.9. The molecule has 5 rings (SSSR count). The van der Waals surface area contributed by atoms with Gasteiger partial charge in [0, 0.05) is 0 Å². The van der Waals surface area contributed by atoms with Crippen molar-refractivity contribution in [1.82, 2.24) is 9.55 Å². The van der Waals surface area contributed by atoms with Crippen LogP contribution in [-0.2, 0) is 13.0 Å². The first-order valence-corrected chi connectivity index (χ1v) is 18.0. The average molecular weight is 639 g/mol. The summed E-state index contributed by atoms with van der Waals surface area (Å²) in [6.45, 7) is 6.79. The van der Waals surface area contributed by atoms with Gasteiger partial charge in [0.1, 0.15) is 0 Å². The molecule has 214 valence electrons.